The van der Waals surface area contributed by atoms with Gasteiger partial charge in [-0.2, -0.15) is 13.2 Å². The van der Waals surface area contributed by atoms with Crippen LogP contribution in [-0.2, 0) is 4.74 Å². The number of hydrogen-bond acceptors (Lipinski definition) is 3. The average Bonchev–Trinajstić information content (AvgIpc) is 2.34. The molecule has 0 bridgehead atoms. The largest absolute Gasteiger partial charge is 0.491 e. The monoisotopic (exact) mass is 292 g/mol. The van der Waals surface area contributed by atoms with Crippen LogP contribution < -0.4 is 4.74 Å². The van der Waals surface area contributed by atoms with E-state index in [1.165, 1.54) is 0 Å². The molecule has 1 N–H and O–H groups in total. The van der Waals surface area contributed by atoms with Crippen molar-refractivity contribution < 1.29 is 27.8 Å². The Hall–Kier alpha value is -1.27. The molecule has 2 unspecified atom stereocenters. The standard InChI is InChI=1S/C14H19F3O3/c1-9(2)20-12-6-4-11(5-7-12)13(18)8-19-10(3)14(15,16)17/h4-7,9-10,13,18H,8H2,1-3H3. The van der Waals surface area contributed by atoms with Crippen LogP contribution in [0.15, 0.2) is 24.3 Å². The van der Waals surface area contributed by atoms with E-state index >= 15 is 0 Å². The maximum atomic E-state index is 12.3. The summed E-state index contributed by atoms with van der Waals surface area (Å²) in [6.45, 7) is 4.27. The van der Waals surface area contributed by atoms with E-state index in [0.717, 1.165) is 6.92 Å². The fraction of sp³-hybridized carbons (Fsp3) is 0.571. The van der Waals surface area contributed by atoms with Gasteiger partial charge < -0.3 is 14.6 Å². The predicted molar refractivity (Wildman–Crippen MR) is 68.6 cm³/mol. The molecule has 0 fully saturated rings. The quantitative estimate of drug-likeness (QED) is 0.872. The van der Waals surface area contributed by atoms with Gasteiger partial charge in [-0.25, -0.2) is 0 Å². The topological polar surface area (TPSA) is 38.7 Å². The number of rotatable bonds is 6. The van der Waals surface area contributed by atoms with Crippen molar-refractivity contribution in [1.82, 2.24) is 0 Å². The molecule has 3 nitrogen and oxygen atoms in total. The van der Waals surface area contributed by atoms with E-state index in [4.69, 9.17) is 4.74 Å². The van der Waals surface area contributed by atoms with Crippen LogP contribution in [0, 0.1) is 0 Å². The highest BCUT2D eigenvalue weighted by atomic mass is 19.4. The normalized spacial score (nSPS) is 15.2. The molecule has 0 radical (unpaired) electrons. The zero-order valence-electron chi connectivity index (χ0n) is 11.6. The van der Waals surface area contributed by atoms with Crippen LogP contribution in [-0.4, -0.2) is 30.1 Å². The second kappa shape index (κ2) is 6.95. The van der Waals surface area contributed by atoms with Gasteiger partial charge in [0, 0.05) is 0 Å². The van der Waals surface area contributed by atoms with E-state index in [1.54, 1.807) is 24.3 Å². The Morgan fingerprint density at radius 2 is 1.65 bits per heavy atom. The molecule has 0 amide bonds. The summed E-state index contributed by atoms with van der Waals surface area (Å²) in [7, 11) is 0. The zero-order valence-corrected chi connectivity index (χ0v) is 11.6. The molecule has 1 aromatic carbocycles. The van der Waals surface area contributed by atoms with Crippen molar-refractivity contribution in [3.63, 3.8) is 0 Å². The molecule has 1 aromatic rings. The first kappa shape index (κ1) is 16.8. The van der Waals surface area contributed by atoms with Gasteiger partial charge in [0.1, 0.15) is 11.9 Å². The van der Waals surface area contributed by atoms with Crippen molar-refractivity contribution in [3.8, 4) is 5.75 Å². The lowest BCUT2D eigenvalue weighted by atomic mass is 10.1. The predicted octanol–water partition coefficient (Wildman–Crippen LogP) is 3.47. The molecule has 0 saturated heterocycles. The van der Waals surface area contributed by atoms with E-state index in [1.807, 2.05) is 13.8 Å². The summed E-state index contributed by atoms with van der Waals surface area (Å²) in [6, 6.07) is 6.52. The van der Waals surface area contributed by atoms with Gasteiger partial charge >= 0.3 is 6.18 Å². The van der Waals surface area contributed by atoms with E-state index in [9.17, 15) is 18.3 Å². The molecule has 6 heteroatoms. The van der Waals surface area contributed by atoms with Gasteiger partial charge in [-0.15, -0.1) is 0 Å². The number of benzene rings is 1. The fourth-order valence-electron chi connectivity index (χ4n) is 1.47. The van der Waals surface area contributed by atoms with Crippen LogP contribution in [0.4, 0.5) is 13.2 Å². The molecule has 0 aliphatic rings. The maximum absolute atomic E-state index is 12.3. The molecular formula is C14H19F3O3. The van der Waals surface area contributed by atoms with Crippen LogP contribution in [0.5, 0.6) is 5.75 Å². The SMILES string of the molecule is CC(C)Oc1ccc(C(O)COC(C)C(F)(F)F)cc1. The number of aliphatic hydroxyl groups is 1. The number of aliphatic hydroxyl groups excluding tert-OH is 1. The van der Waals surface area contributed by atoms with Gasteiger partial charge in [0.05, 0.1) is 12.7 Å². The second-order valence-corrected chi connectivity index (χ2v) is 4.77. The first-order chi connectivity index (χ1) is 9.20. The second-order valence-electron chi connectivity index (χ2n) is 4.77. The molecule has 0 aliphatic carbocycles. The molecule has 20 heavy (non-hydrogen) atoms. The van der Waals surface area contributed by atoms with Gasteiger partial charge in [-0.05, 0) is 38.5 Å². The lowest BCUT2D eigenvalue weighted by molar-refractivity contribution is -0.219. The number of alkyl halides is 3. The molecular weight excluding hydrogens is 273 g/mol. The Bertz CT molecular complexity index is 401. The minimum atomic E-state index is -4.42. The molecule has 2 atom stereocenters. The number of halogens is 3. The van der Waals surface area contributed by atoms with Crippen molar-refractivity contribution in [2.75, 3.05) is 6.61 Å². The Labute approximate surface area is 116 Å². The summed E-state index contributed by atoms with van der Waals surface area (Å²) in [5, 5.41) is 9.77. The lowest BCUT2D eigenvalue weighted by Crippen LogP contribution is -2.30. The smallest absolute Gasteiger partial charge is 0.414 e. The van der Waals surface area contributed by atoms with Crippen molar-refractivity contribution >= 4 is 0 Å². The molecule has 0 heterocycles. The van der Waals surface area contributed by atoms with Crippen molar-refractivity contribution in [2.24, 2.45) is 0 Å². The van der Waals surface area contributed by atoms with E-state index < -0.39 is 25.0 Å². The highest BCUT2D eigenvalue weighted by Crippen LogP contribution is 2.24. The number of ether oxygens (including phenoxy) is 2. The molecule has 0 aliphatic heterocycles. The average molecular weight is 292 g/mol. The van der Waals surface area contributed by atoms with Crippen molar-refractivity contribution in [1.29, 1.82) is 0 Å². The minimum Gasteiger partial charge on any atom is -0.491 e. The van der Waals surface area contributed by atoms with Crippen LogP contribution in [0.25, 0.3) is 0 Å². The van der Waals surface area contributed by atoms with Gasteiger partial charge in [-0.3, -0.25) is 0 Å². The highest BCUT2D eigenvalue weighted by molar-refractivity contribution is 5.28. The Balaban J connectivity index is 2.53. The molecule has 0 saturated carbocycles. The number of hydrogen-bond donors (Lipinski definition) is 1. The summed E-state index contributed by atoms with van der Waals surface area (Å²) in [5.74, 6) is 0.639. The summed E-state index contributed by atoms with van der Waals surface area (Å²) >= 11 is 0. The lowest BCUT2D eigenvalue weighted by Gasteiger charge is -2.19. The van der Waals surface area contributed by atoms with Crippen LogP contribution in [0.1, 0.15) is 32.4 Å². The van der Waals surface area contributed by atoms with Gasteiger partial charge in [-0.1, -0.05) is 12.1 Å². The third-order valence-electron chi connectivity index (χ3n) is 2.60. The van der Waals surface area contributed by atoms with Crippen LogP contribution in [0.2, 0.25) is 0 Å². The van der Waals surface area contributed by atoms with Gasteiger partial charge in [0.25, 0.3) is 0 Å². The Morgan fingerprint density at radius 3 is 2.10 bits per heavy atom. The Morgan fingerprint density at radius 1 is 1.10 bits per heavy atom. The van der Waals surface area contributed by atoms with Crippen LogP contribution >= 0.6 is 0 Å². The first-order valence-electron chi connectivity index (χ1n) is 6.33. The van der Waals surface area contributed by atoms with Gasteiger partial charge in [0.2, 0.25) is 0 Å². The molecule has 0 aromatic heterocycles. The van der Waals surface area contributed by atoms with E-state index in [2.05, 4.69) is 4.74 Å². The van der Waals surface area contributed by atoms with Crippen LogP contribution in [0.3, 0.4) is 0 Å². The van der Waals surface area contributed by atoms with E-state index in [-0.39, 0.29) is 6.10 Å². The zero-order chi connectivity index (χ0) is 15.3. The van der Waals surface area contributed by atoms with Gasteiger partial charge in [0.15, 0.2) is 6.10 Å². The van der Waals surface area contributed by atoms with E-state index in [0.29, 0.717) is 11.3 Å². The molecule has 1 rings (SSSR count). The third-order valence-corrected chi connectivity index (χ3v) is 2.60. The Kier molecular flexibility index (Phi) is 5.83. The summed E-state index contributed by atoms with van der Waals surface area (Å²) in [6.07, 6.45) is -7.40. The molecule has 0 spiro atoms. The van der Waals surface area contributed by atoms with Crippen molar-refractivity contribution in [3.05, 3.63) is 29.8 Å². The summed E-state index contributed by atoms with van der Waals surface area (Å²) in [4.78, 5) is 0. The summed E-state index contributed by atoms with van der Waals surface area (Å²) < 4.78 is 46.8. The third kappa shape index (κ3) is 5.38. The fourth-order valence-corrected chi connectivity index (χ4v) is 1.47. The minimum absolute atomic E-state index is 0.0294. The molecule has 114 valence electrons. The van der Waals surface area contributed by atoms with Crippen molar-refractivity contribution in [2.45, 2.75) is 45.3 Å². The highest BCUT2D eigenvalue weighted by Gasteiger charge is 2.37. The first-order valence-corrected chi connectivity index (χ1v) is 6.33. The maximum Gasteiger partial charge on any atom is 0.414 e. The summed E-state index contributed by atoms with van der Waals surface area (Å²) in [5.41, 5.74) is 0.482.